The molecule has 0 saturated carbocycles. The number of hydrogen-bond acceptors (Lipinski definition) is 3. The number of benzene rings is 1. The predicted octanol–water partition coefficient (Wildman–Crippen LogP) is 2.79. The molecule has 0 amide bonds. The number of pyridine rings is 1. The van der Waals surface area contributed by atoms with Crippen molar-refractivity contribution in [3.63, 3.8) is 0 Å². The lowest BCUT2D eigenvalue weighted by molar-refractivity contribution is 0.000760. The quantitative estimate of drug-likeness (QED) is 0.864. The molecule has 1 aromatic heterocycles. The minimum Gasteiger partial charge on any atom is -0.298 e. The molecule has 0 aliphatic carbocycles. The van der Waals surface area contributed by atoms with Gasteiger partial charge in [-0.25, -0.2) is 0 Å². The second-order valence-electron chi connectivity index (χ2n) is 6.91. The van der Waals surface area contributed by atoms with Crippen LogP contribution in [0.2, 0.25) is 0 Å². The number of aromatic nitrogens is 1. The van der Waals surface area contributed by atoms with E-state index in [0.717, 1.165) is 13.1 Å². The van der Waals surface area contributed by atoms with E-state index in [9.17, 15) is 0 Å². The Kier molecular flexibility index (Phi) is 3.68. The van der Waals surface area contributed by atoms with Crippen LogP contribution < -0.4 is 0 Å². The van der Waals surface area contributed by atoms with Gasteiger partial charge in [0.25, 0.3) is 0 Å². The molecule has 114 valence electrons. The minimum absolute atomic E-state index is 0.545. The molecule has 2 aromatic rings. The van der Waals surface area contributed by atoms with Gasteiger partial charge in [-0.1, -0.05) is 36.4 Å². The van der Waals surface area contributed by atoms with E-state index < -0.39 is 0 Å². The van der Waals surface area contributed by atoms with Crippen molar-refractivity contribution in [2.75, 3.05) is 26.2 Å². The molecule has 3 nitrogen and oxygen atoms in total. The Labute approximate surface area is 132 Å². The zero-order valence-electron chi connectivity index (χ0n) is 13.0. The summed E-state index contributed by atoms with van der Waals surface area (Å²) in [5.41, 5.74) is 3.17. The van der Waals surface area contributed by atoms with Gasteiger partial charge in [0.15, 0.2) is 0 Å². The smallest absolute Gasteiger partial charge is 0.0543 e. The van der Waals surface area contributed by atoms with Crippen LogP contribution in [-0.4, -0.2) is 41.0 Å². The van der Waals surface area contributed by atoms with Crippen LogP contribution in [0.25, 0.3) is 0 Å². The summed E-state index contributed by atoms with van der Waals surface area (Å²) in [6, 6.07) is 17.0. The third kappa shape index (κ3) is 2.92. The highest BCUT2D eigenvalue weighted by molar-refractivity contribution is 5.15. The number of nitrogens with zero attached hydrogens (tertiary/aromatic N) is 3. The summed E-state index contributed by atoms with van der Waals surface area (Å²) in [4.78, 5) is 9.59. The van der Waals surface area contributed by atoms with Crippen LogP contribution in [0.3, 0.4) is 0 Å². The molecule has 0 N–H and O–H groups in total. The van der Waals surface area contributed by atoms with Gasteiger partial charge in [0.1, 0.15) is 0 Å². The van der Waals surface area contributed by atoms with E-state index in [4.69, 9.17) is 0 Å². The third-order valence-electron chi connectivity index (χ3n) is 5.00. The monoisotopic (exact) mass is 293 g/mol. The number of likely N-dealkylation sites (tertiary alicyclic amines) is 2. The van der Waals surface area contributed by atoms with E-state index in [1.807, 2.05) is 12.3 Å². The van der Waals surface area contributed by atoms with Gasteiger partial charge in [-0.05, 0) is 30.7 Å². The lowest BCUT2D eigenvalue weighted by Gasteiger charge is -2.48. The van der Waals surface area contributed by atoms with Crippen molar-refractivity contribution in [2.24, 2.45) is 5.41 Å². The Hall–Kier alpha value is -1.71. The maximum Gasteiger partial charge on any atom is 0.0543 e. The van der Waals surface area contributed by atoms with Gasteiger partial charge < -0.3 is 0 Å². The number of hydrogen-bond donors (Lipinski definition) is 0. The summed E-state index contributed by atoms with van der Waals surface area (Å²) in [6.07, 6.45) is 3.24. The fraction of sp³-hybridized carbons (Fsp3) is 0.421. The van der Waals surface area contributed by atoms with E-state index in [-0.39, 0.29) is 0 Å². The van der Waals surface area contributed by atoms with Crippen molar-refractivity contribution in [1.82, 2.24) is 14.8 Å². The first kappa shape index (κ1) is 13.9. The van der Waals surface area contributed by atoms with Crippen LogP contribution in [-0.2, 0) is 13.1 Å². The van der Waals surface area contributed by atoms with Gasteiger partial charge in [-0.15, -0.1) is 0 Å². The molecule has 2 fully saturated rings. The summed E-state index contributed by atoms with van der Waals surface area (Å²) >= 11 is 0. The molecule has 4 rings (SSSR count). The molecule has 0 unspecified atom stereocenters. The summed E-state index contributed by atoms with van der Waals surface area (Å²) in [5.74, 6) is 0. The van der Waals surface area contributed by atoms with E-state index in [0.29, 0.717) is 5.41 Å². The van der Waals surface area contributed by atoms with Crippen LogP contribution in [0, 0.1) is 5.41 Å². The van der Waals surface area contributed by atoms with Crippen molar-refractivity contribution < 1.29 is 0 Å². The highest BCUT2D eigenvalue weighted by Gasteiger charge is 2.47. The first-order valence-corrected chi connectivity index (χ1v) is 8.20. The molecule has 0 atom stereocenters. The second kappa shape index (κ2) is 5.82. The fourth-order valence-electron chi connectivity index (χ4n) is 4.00. The van der Waals surface area contributed by atoms with Crippen LogP contribution in [0.1, 0.15) is 17.7 Å². The number of rotatable bonds is 4. The molecule has 0 radical (unpaired) electrons. The lowest BCUT2D eigenvalue weighted by Crippen LogP contribution is -2.56. The van der Waals surface area contributed by atoms with E-state index in [1.165, 1.54) is 43.9 Å². The summed E-state index contributed by atoms with van der Waals surface area (Å²) in [7, 11) is 0. The molecule has 22 heavy (non-hydrogen) atoms. The molecule has 3 heterocycles. The average molecular weight is 293 g/mol. The zero-order chi connectivity index (χ0) is 14.8. The fourth-order valence-corrected chi connectivity index (χ4v) is 4.00. The van der Waals surface area contributed by atoms with Crippen molar-refractivity contribution >= 4 is 0 Å². The average Bonchev–Trinajstić information content (AvgIpc) is 2.93. The minimum atomic E-state index is 0.545. The van der Waals surface area contributed by atoms with E-state index in [1.54, 1.807) is 0 Å². The van der Waals surface area contributed by atoms with Gasteiger partial charge in [0, 0.05) is 44.3 Å². The maximum absolute atomic E-state index is 4.43. The highest BCUT2D eigenvalue weighted by Crippen LogP contribution is 2.40. The van der Waals surface area contributed by atoms with Gasteiger partial charge >= 0.3 is 0 Å². The molecule has 2 aliphatic rings. The molecule has 0 bridgehead atoms. The Morgan fingerprint density at radius 2 is 1.64 bits per heavy atom. The van der Waals surface area contributed by atoms with Crippen molar-refractivity contribution in [3.8, 4) is 0 Å². The van der Waals surface area contributed by atoms with Crippen molar-refractivity contribution in [1.29, 1.82) is 0 Å². The molecule has 2 saturated heterocycles. The normalized spacial score (nSPS) is 21.1. The van der Waals surface area contributed by atoms with Crippen LogP contribution in [0.15, 0.2) is 54.7 Å². The summed E-state index contributed by atoms with van der Waals surface area (Å²) in [5, 5.41) is 0. The Morgan fingerprint density at radius 3 is 2.41 bits per heavy atom. The molecular weight excluding hydrogens is 270 g/mol. The van der Waals surface area contributed by atoms with Gasteiger partial charge in [-0.3, -0.25) is 14.8 Å². The standard InChI is InChI=1S/C19H23N3/c1-2-6-17(7-3-1)12-21-11-9-19(14-21)15-22(16-19)13-18-8-4-5-10-20-18/h1-8,10H,9,11-16H2. The Balaban J connectivity index is 1.29. The largest absolute Gasteiger partial charge is 0.298 e. The lowest BCUT2D eigenvalue weighted by atomic mass is 9.79. The molecule has 1 aromatic carbocycles. The van der Waals surface area contributed by atoms with Gasteiger partial charge in [0.2, 0.25) is 0 Å². The van der Waals surface area contributed by atoms with Gasteiger partial charge in [-0.2, -0.15) is 0 Å². The molecule has 3 heteroatoms. The summed E-state index contributed by atoms with van der Waals surface area (Å²) in [6.45, 7) is 7.06. The van der Waals surface area contributed by atoms with Crippen LogP contribution >= 0.6 is 0 Å². The molecule has 2 aliphatic heterocycles. The third-order valence-corrected chi connectivity index (χ3v) is 5.00. The molecular formula is C19H23N3. The van der Waals surface area contributed by atoms with Crippen molar-refractivity contribution in [3.05, 3.63) is 66.0 Å². The van der Waals surface area contributed by atoms with Crippen LogP contribution in [0.5, 0.6) is 0 Å². The summed E-state index contributed by atoms with van der Waals surface area (Å²) < 4.78 is 0. The van der Waals surface area contributed by atoms with E-state index >= 15 is 0 Å². The topological polar surface area (TPSA) is 19.4 Å². The highest BCUT2D eigenvalue weighted by atomic mass is 15.3. The first-order chi connectivity index (χ1) is 10.8. The van der Waals surface area contributed by atoms with Gasteiger partial charge in [0.05, 0.1) is 5.69 Å². The zero-order valence-corrected chi connectivity index (χ0v) is 13.0. The van der Waals surface area contributed by atoms with E-state index in [2.05, 4.69) is 57.2 Å². The van der Waals surface area contributed by atoms with Crippen molar-refractivity contribution in [2.45, 2.75) is 19.5 Å². The SMILES string of the molecule is c1ccc(CN2CCC3(C2)CN(Cc2ccccn2)C3)cc1. The molecule has 1 spiro atoms. The first-order valence-electron chi connectivity index (χ1n) is 8.20. The second-order valence-corrected chi connectivity index (χ2v) is 6.91. The predicted molar refractivity (Wildman–Crippen MR) is 88.3 cm³/mol. The maximum atomic E-state index is 4.43. The Bertz CT molecular complexity index is 605. The van der Waals surface area contributed by atoms with Crippen LogP contribution in [0.4, 0.5) is 0 Å². The Morgan fingerprint density at radius 1 is 0.864 bits per heavy atom.